The van der Waals surface area contributed by atoms with Gasteiger partial charge in [0.1, 0.15) is 11.5 Å². The Kier molecular flexibility index (Phi) is 5.02. The lowest BCUT2D eigenvalue weighted by molar-refractivity contribution is 0.0951. The molecule has 0 radical (unpaired) electrons. The van der Waals surface area contributed by atoms with Gasteiger partial charge in [0.2, 0.25) is 0 Å². The van der Waals surface area contributed by atoms with E-state index in [0.717, 1.165) is 33.5 Å². The van der Waals surface area contributed by atoms with E-state index in [9.17, 15) is 4.79 Å². The third-order valence-electron chi connectivity index (χ3n) is 4.44. The lowest BCUT2D eigenvalue weighted by Crippen LogP contribution is -2.22. The van der Waals surface area contributed by atoms with E-state index in [2.05, 4.69) is 10.3 Å². The molecule has 0 bridgehead atoms. The number of ether oxygens (including phenoxy) is 1. The first-order chi connectivity index (χ1) is 13.7. The predicted octanol–water partition coefficient (Wildman–Crippen LogP) is 5.27. The van der Waals surface area contributed by atoms with Crippen molar-refractivity contribution in [3.63, 3.8) is 0 Å². The fourth-order valence-corrected chi connectivity index (χ4v) is 3.04. The van der Waals surface area contributed by atoms with Crippen molar-refractivity contribution in [1.29, 1.82) is 0 Å². The van der Waals surface area contributed by atoms with E-state index in [1.807, 2.05) is 79.7 Å². The zero-order valence-electron chi connectivity index (χ0n) is 15.6. The van der Waals surface area contributed by atoms with Crippen LogP contribution in [-0.4, -0.2) is 10.9 Å². The van der Waals surface area contributed by atoms with Gasteiger partial charge in [-0.25, -0.2) is 0 Å². The number of amides is 1. The number of fused-ring (bicyclic) bond motifs is 1. The Balaban J connectivity index is 1.43. The van der Waals surface area contributed by atoms with Crippen LogP contribution in [0.3, 0.4) is 0 Å². The summed E-state index contributed by atoms with van der Waals surface area (Å²) in [5.41, 5.74) is 3.61. The van der Waals surface area contributed by atoms with Gasteiger partial charge in [0.15, 0.2) is 0 Å². The first-order valence-corrected chi connectivity index (χ1v) is 9.14. The lowest BCUT2D eigenvalue weighted by Gasteiger charge is -2.10. The smallest absolute Gasteiger partial charge is 0.251 e. The average Bonchev–Trinajstić information content (AvgIpc) is 2.72. The van der Waals surface area contributed by atoms with Gasteiger partial charge in [-0.2, -0.15) is 0 Å². The molecule has 4 rings (SSSR count). The molecule has 0 fully saturated rings. The third-order valence-corrected chi connectivity index (χ3v) is 4.44. The van der Waals surface area contributed by atoms with Gasteiger partial charge < -0.3 is 10.1 Å². The van der Waals surface area contributed by atoms with Gasteiger partial charge in [-0.1, -0.05) is 30.3 Å². The number of rotatable bonds is 5. The predicted molar refractivity (Wildman–Crippen MR) is 111 cm³/mol. The molecule has 1 N–H and O–H groups in total. The standard InChI is InChI=1S/C24H20N2O2/c1-17-5-2-8-21(13-17)28-22-9-3-6-18(14-22)16-26-24(27)20-10-11-23-19(15-20)7-4-12-25-23/h2-15H,16H2,1H3,(H,26,27). The van der Waals surface area contributed by atoms with Crippen molar-refractivity contribution >= 4 is 16.8 Å². The van der Waals surface area contributed by atoms with Crippen LogP contribution in [0.1, 0.15) is 21.5 Å². The second-order valence-corrected chi connectivity index (χ2v) is 6.66. The molecule has 0 saturated carbocycles. The van der Waals surface area contributed by atoms with Crippen LogP contribution in [0.15, 0.2) is 85.1 Å². The SMILES string of the molecule is Cc1cccc(Oc2cccc(CNC(=O)c3ccc4ncccc4c3)c2)c1. The Morgan fingerprint density at radius 3 is 2.61 bits per heavy atom. The van der Waals surface area contributed by atoms with Gasteiger partial charge in [-0.15, -0.1) is 0 Å². The molecule has 4 heteroatoms. The molecule has 0 aliphatic heterocycles. The number of carbonyl (C=O) groups excluding carboxylic acids is 1. The average molecular weight is 368 g/mol. The Labute approximate surface area is 163 Å². The fourth-order valence-electron chi connectivity index (χ4n) is 3.04. The van der Waals surface area contributed by atoms with Crippen molar-refractivity contribution in [3.05, 3.63) is 102 Å². The number of hydrogen-bond donors (Lipinski definition) is 1. The molecule has 0 saturated heterocycles. The van der Waals surface area contributed by atoms with Gasteiger partial charge in [0.05, 0.1) is 5.52 Å². The van der Waals surface area contributed by atoms with Crippen LogP contribution in [0, 0.1) is 6.92 Å². The normalized spacial score (nSPS) is 10.6. The highest BCUT2D eigenvalue weighted by atomic mass is 16.5. The molecule has 0 atom stereocenters. The highest BCUT2D eigenvalue weighted by Gasteiger charge is 2.07. The van der Waals surface area contributed by atoms with E-state index in [4.69, 9.17) is 4.74 Å². The van der Waals surface area contributed by atoms with Gasteiger partial charge >= 0.3 is 0 Å². The van der Waals surface area contributed by atoms with Crippen molar-refractivity contribution in [1.82, 2.24) is 10.3 Å². The van der Waals surface area contributed by atoms with Crippen LogP contribution < -0.4 is 10.1 Å². The first kappa shape index (κ1) is 17.7. The van der Waals surface area contributed by atoms with Crippen LogP contribution >= 0.6 is 0 Å². The molecule has 1 amide bonds. The van der Waals surface area contributed by atoms with Crippen molar-refractivity contribution in [2.75, 3.05) is 0 Å². The summed E-state index contributed by atoms with van der Waals surface area (Å²) in [6.45, 7) is 2.45. The summed E-state index contributed by atoms with van der Waals surface area (Å²) in [5, 5.41) is 3.91. The molecule has 4 aromatic rings. The molecule has 1 aromatic heterocycles. The second kappa shape index (κ2) is 7.92. The molecule has 1 heterocycles. The summed E-state index contributed by atoms with van der Waals surface area (Å²) in [5.74, 6) is 1.43. The van der Waals surface area contributed by atoms with E-state index in [0.29, 0.717) is 12.1 Å². The Morgan fingerprint density at radius 1 is 0.929 bits per heavy atom. The Bertz CT molecular complexity index is 1140. The quantitative estimate of drug-likeness (QED) is 0.522. The first-order valence-electron chi connectivity index (χ1n) is 9.14. The van der Waals surface area contributed by atoms with Crippen LogP contribution in [0.5, 0.6) is 11.5 Å². The molecule has 138 valence electrons. The van der Waals surface area contributed by atoms with E-state index < -0.39 is 0 Å². The van der Waals surface area contributed by atoms with Crippen LogP contribution in [0.25, 0.3) is 10.9 Å². The largest absolute Gasteiger partial charge is 0.457 e. The van der Waals surface area contributed by atoms with E-state index in [1.54, 1.807) is 12.3 Å². The fraction of sp³-hybridized carbons (Fsp3) is 0.0833. The highest BCUT2D eigenvalue weighted by molar-refractivity contribution is 5.97. The van der Waals surface area contributed by atoms with Gasteiger partial charge in [-0.3, -0.25) is 9.78 Å². The summed E-state index contributed by atoms with van der Waals surface area (Å²) in [6.07, 6.45) is 1.74. The summed E-state index contributed by atoms with van der Waals surface area (Å²) < 4.78 is 5.92. The van der Waals surface area contributed by atoms with Crippen LogP contribution in [-0.2, 0) is 6.54 Å². The van der Waals surface area contributed by atoms with E-state index in [1.165, 1.54) is 0 Å². The number of nitrogens with zero attached hydrogens (tertiary/aromatic N) is 1. The zero-order valence-corrected chi connectivity index (χ0v) is 15.6. The number of nitrogens with one attached hydrogen (secondary N) is 1. The van der Waals surface area contributed by atoms with Crippen LogP contribution in [0.4, 0.5) is 0 Å². The molecule has 28 heavy (non-hydrogen) atoms. The van der Waals surface area contributed by atoms with Crippen molar-refractivity contribution in [2.24, 2.45) is 0 Å². The number of benzene rings is 3. The minimum absolute atomic E-state index is 0.115. The molecule has 0 aliphatic rings. The maximum absolute atomic E-state index is 12.5. The number of carbonyl (C=O) groups is 1. The Hall–Kier alpha value is -3.66. The summed E-state index contributed by atoms with van der Waals surface area (Å²) in [6, 6.07) is 25.0. The molecule has 4 nitrogen and oxygen atoms in total. The minimum Gasteiger partial charge on any atom is -0.457 e. The van der Waals surface area contributed by atoms with Gasteiger partial charge in [-0.05, 0) is 66.6 Å². The lowest BCUT2D eigenvalue weighted by atomic mass is 10.1. The molecular weight excluding hydrogens is 348 g/mol. The maximum Gasteiger partial charge on any atom is 0.251 e. The van der Waals surface area contributed by atoms with Crippen molar-refractivity contribution < 1.29 is 9.53 Å². The van der Waals surface area contributed by atoms with Crippen molar-refractivity contribution in [2.45, 2.75) is 13.5 Å². The number of aryl methyl sites for hydroxylation is 1. The van der Waals surface area contributed by atoms with Crippen LogP contribution in [0.2, 0.25) is 0 Å². The number of hydrogen-bond acceptors (Lipinski definition) is 3. The monoisotopic (exact) mass is 368 g/mol. The second-order valence-electron chi connectivity index (χ2n) is 6.66. The minimum atomic E-state index is -0.115. The molecule has 0 unspecified atom stereocenters. The number of pyridine rings is 1. The van der Waals surface area contributed by atoms with E-state index >= 15 is 0 Å². The maximum atomic E-state index is 12.5. The summed E-state index contributed by atoms with van der Waals surface area (Å²) in [4.78, 5) is 16.8. The molecule has 0 spiro atoms. The Morgan fingerprint density at radius 2 is 1.75 bits per heavy atom. The molecule has 3 aromatic carbocycles. The van der Waals surface area contributed by atoms with Crippen molar-refractivity contribution in [3.8, 4) is 11.5 Å². The third kappa shape index (κ3) is 4.18. The molecule has 0 aliphatic carbocycles. The van der Waals surface area contributed by atoms with Gasteiger partial charge in [0.25, 0.3) is 5.91 Å². The molecular formula is C24H20N2O2. The number of aromatic nitrogens is 1. The summed E-state index contributed by atoms with van der Waals surface area (Å²) >= 11 is 0. The highest BCUT2D eigenvalue weighted by Crippen LogP contribution is 2.23. The van der Waals surface area contributed by atoms with E-state index in [-0.39, 0.29) is 5.91 Å². The zero-order chi connectivity index (χ0) is 19.3. The van der Waals surface area contributed by atoms with Gasteiger partial charge in [0, 0.05) is 23.7 Å². The topological polar surface area (TPSA) is 51.2 Å². The summed E-state index contributed by atoms with van der Waals surface area (Å²) in [7, 11) is 0.